The first-order chi connectivity index (χ1) is 11.0. The molecular formula is C15H21N3O4S. The van der Waals surface area contributed by atoms with Gasteiger partial charge in [0.2, 0.25) is 10.0 Å². The van der Waals surface area contributed by atoms with Crippen molar-refractivity contribution in [2.45, 2.75) is 37.1 Å². The Morgan fingerprint density at radius 2 is 2.04 bits per heavy atom. The third kappa shape index (κ3) is 3.65. The van der Waals surface area contributed by atoms with Crippen LogP contribution in [0.4, 0.5) is 0 Å². The normalized spacial score (nSPS) is 18.3. The summed E-state index contributed by atoms with van der Waals surface area (Å²) in [6.07, 6.45) is 3.58. The molecular weight excluding hydrogens is 318 g/mol. The van der Waals surface area contributed by atoms with Crippen molar-refractivity contribution in [2.24, 2.45) is 0 Å². The maximum absolute atomic E-state index is 12.4. The fraction of sp³-hybridized carbons (Fsp3) is 0.533. The van der Waals surface area contributed by atoms with Crippen LogP contribution >= 0.6 is 0 Å². The molecule has 1 aromatic heterocycles. The molecule has 1 fully saturated rings. The van der Waals surface area contributed by atoms with Crippen molar-refractivity contribution in [2.75, 3.05) is 19.6 Å². The summed E-state index contributed by atoms with van der Waals surface area (Å²) in [7, 11) is -3.63. The highest BCUT2D eigenvalue weighted by Gasteiger charge is 2.20. The summed E-state index contributed by atoms with van der Waals surface area (Å²) in [6.45, 7) is 4.42. The van der Waals surface area contributed by atoms with Gasteiger partial charge in [-0.15, -0.1) is 0 Å². The molecule has 2 aromatic rings. The van der Waals surface area contributed by atoms with Gasteiger partial charge in [-0.2, -0.15) is 0 Å². The third-order valence-electron chi connectivity index (χ3n) is 4.29. The van der Waals surface area contributed by atoms with E-state index in [0.29, 0.717) is 12.1 Å². The molecule has 1 unspecified atom stereocenters. The van der Waals surface area contributed by atoms with Crippen molar-refractivity contribution in [1.82, 2.24) is 14.6 Å². The Kier molecular flexibility index (Phi) is 4.56. The molecule has 2 heterocycles. The zero-order chi connectivity index (χ0) is 16.4. The molecule has 0 amide bonds. The van der Waals surface area contributed by atoms with E-state index in [-0.39, 0.29) is 16.5 Å². The molecule has 1 aliphatic heterocycles. The fourth-order valence-corrected chi connectivity index (χ4v) is 4.03. The lowest BCUT2D eigenvalue weighted by molar-refractivity contribution is 0.175. The summed E-state index contributed by atoms with van der Waals surface area (Å²) in [5.41, 5.74) is 0.720. The Balaban J connectivity index is 1.70. The Hall–Kier alpha value is -1.64. The molecule has 2 N–H and O–H groups in total. The van der Waals surface area contributed by atoms with Crippen LogP contribution in [0.5, 0.6) is 0 Å². The maximum Gasteiger partial charge on any atom is 0.417 e. The fourth-order valence-electron chi connectivity index (χ4n) is 2.89. The van der Waals surface area contributed by atoms with E-state index in [9.17, 15) is 13.2 Å². The van der Waals surface area contributed by atoms with E-state index in [1.807, 2.05) is 6.92 Å². The van der Waals surface area contributed by atoms with Gasteiger partial charge >= 0.3 is 5.76 Å². The van der Waals surface area contributed by atoms with Gasteiger partial charge < -0.3 is 4.42 Å². The number of oxazole rings is 1. The van der Waals surface area contributed by atoms with Crippen LogP contribution in [0.15, 0.2) is 32.3 Å². The second-order valence-electron chi connectivity index (χ2n) is 5.97. The molecule has 0 saturated carbocycles. The third-order valence-corrected chi connectivity index (χ3v) is 5.71. The molecule has 126 valence electrons. The van der Waals surface area contributed by atoms with Gasteiger partial charge in [0, 0.05) is 18.7 Å². The number of likely N-dealkylation sites (tertiary alicyclic amines) is 1. The molecule has 1 aromatic carbocycles. The van der Waals surface area contributed by atoms with Gasteiger partial charge in [0.1, 0.15) is 0 Å². The molecule has 0 spiro atoms. The molecule has 7 nitrogen and oxygen atoms in total. The van der Waals surface area contributed by atoms with Crippen LogP contribution < -0.4 is 10.5 Å². The number of rotatable bonds is 5. The van der Waals surface area contributed by atoms with Gasteiger partial charge in [0.15, 0.2) is 5.58 Å². The van der Waals surface area contributed by atoms with Crippen LogP contribution in [0, 0.1) is 0 Å². The quantitative estimate of drug-likeness (QED) is 0.855. The summed E-state index contributed by atoms with van der Waals surface area (Å²) < 4.78 is 32.4. The van der Waals surface area contributed by atoms with Crippen molar-refractivity contribution in [3.05, 3.63) is 28.7 Å². The van der Waals surface area contributed by atoms with E-state index in [1.165, 1.54) is 37.5 Å². The Bertz CT molecular complexity index is 834. The molecule has 8 heteroatoms. The average molecular weight is 339 g/mol. The van der Waals surface area contributed by atoms with Crippen LogP contribution in [0.3, 0.4) is 0 Å². The monoisotopic (exact) mass is 339 g/mol. The zero-order valence-electron chi connectivity index (χ0n) is 13.0. The minimum absolute atomic E-state index is 0.0959. The molecule has 1 saturated heterocycles. The standard InChI is InChI=1S/C15H21N3O4S/c1-11(18-7-3-2-4-8-18)10-16-23(20,21)12-5-6-13-14(9-12)22-15(19)17-13/h5-6,9,11,16H,2-4,7-8,10H2,1H3,(H,17,19). The van der Waals surface area contributed by atoms with Crippen molar-refractivity contribution < 1.29 is 12.8 Å². The summed E-state index contributed by atoms with van der Waals surface area (Å²) >= 11 is 0. The second-order valence-corrected chi connectivity index (χ2v) is 7.74. The highest BCUT2D eigenvalue weighted by atomic mass is 32.2. The van der Waals surface area contributed by atoms with E-state index >= 15 is 0 Å². The zero-order valence-corrected chi connectivity index (χ0v) is 13.9. The number of aromatic amines is 1. The first-order valence-corrected chi connectivity index (χ1v) is 9.30. The van der Waals surface area contributed by atoms with Gasteiger partial charge in [0.05, 0.1) is 10.4 Å². The number of benzene rings is 1. The Morgan fingerprint density at radius 3 is 2.78 bits per heavy atom. The Morgan fingerprint density at radius 1 is 1.30 bits per heavy atom. The first-order valence-electron chi connectivity index (χ1n) is 7.82. The molecule has 3 rings (SSSR count). The SMILES string of the molecule is CC(CNS(=O)(=O)c1ccc2[nH]c(=O)oc2c1)N1CCCCC1. The van der Waals surface area contributed by atoms with Crippen LogP contribution in [-0.2, 0) is 10.0 Å². The van der Waals surface area contributed by atoms with Gasteiger partial charge in [0.25, 0.3) is 0 Å². The van der Waals surface area contributed by atoms with Crippen molar-refractivity contribution in [3.63, 3.8) is 0 Å². The topological polar surface area (TPSA) is 95.4 Å². The first kappa shape index (κ1) is 16.2. The largest absolute Gasteiger partial charge is 0.417 e. The summed E-state index contributed by atoms with van der Waals surface area (Å²) in [5, 5.41) is 0. The van der Waals surface area contributed by atoms with Crippen molar-refractivity contribution in [1.29, 1.82) is 0 Å². The number of nitrogens with zero attached hydrogens (tertiary/aromatic N) is 1. The van der Waals surface area contributed by atoms with Crippen LogP contribution in [0.25, 0.3) is 11.1 Å². The number of nitrogens with one attached hydrogen (secondary N) is 2. The molecule has 1 aliphatic rings. The number of fused-ring (bicyclic) bond motifs is 1. The number of aromatic nitrogens is 1. The number of sulfonamides is 1. The molecule has 0 bridgehead atoms. The molecule has 1 atom stereocenters. The molecule has 0 aliphatic carbocycles. The van der Waals surface area contributed by atoms with Crippen molar-refractivity contribution >= 4 is 21.1 Å². The lowest BCUT2D eigenvalue weighted by atomic mass is 10.1. The molecule has 0 radical (unpaired) electrons. The lowest BCUT2D eigenvalue weighted by Gasteiger charge is -2.32. The van der Waals surface area contributed by atoms with Gasteiger partial charge in [-0.05, 0) is 45.0 Å². The number of H-pyrrole nitrogens is 1. The summed E-state index contributed by atoms with van der Waals surface area (Å²) in [6, 6.07) is 4.50. The predicted molar refractivity (Wildman–Crippen MR) is 86.9 cm³/mol. The Labute approximate surface area is 134 Å². The van der Waals surface area contributed by atoms with Gasteiger partial charge in [-0.1, -0.05) is 6.42 Å². The van der Waals surface area contributed by atoms with Crippen LogP contribution in [0.1, 0.15) is 26.2 Å². The van der Waals surface area contributed by atoms with Crippen molar-refractivity contribution in [3.8, 4) is 0 Å². The predicted octanol–water partition coefficient (Wildman–Crippen LogP) is 1.27. The summed E-state index contributed by atoms with van der Waals surface area (Å²) in [4.78, 5) is 16.0. The average Bonchev–Trinajstić information content (AvgIpc) is 2.92. The van der Waals surface area contributed by atoms with Gasteiger partial charge in [-0.3, -0.25) is 9.88 Å². The number of hydrogen-bond acceptors (Lipinski definition) is 5. The summed E-state index contributed by atoms with van der Waals surface area (Å²) in [5.74, 6) is -0.596. The maximum atomic E-state index is 12.4. The van der Waals surface area contributed by atoms with Gasteiger partial charge in [-0.25, -0.2) is 17.9 Å². The highest BCUT2D eigenvalue weighted by Crippen LogP contribution is 2.17. The number of hydrogen-bond donors (Lipinski definition) is 2. The number of piperidine rings is 1. The van der Waals surface area contributed by atoms with E-state index in [4.69, 9.17) is 4.42 Å². The highest BCUT2D eigenvalue weighted by molar-refractivity contribution is 7.89. The minimum Gasteiger partial charge on any atom is -0.408 e. The van der Waals surface area contributed by atoms with E-state index in [0.717, 1.165) is 13.1 Å². The molecule has 23 heavy (non-hydrogen) atoms. The van der Waals surface area contributed by atoms with E-state index < -0.39 is 15.8 Å². The van der Waals surface area contributed by atoms with Crippen LogP contribution in [0.2, 0.25) is 0 Å². The van der Waals surface area contributed by atoms with E-state index in [2.05, 4.69) is 14.6 Å². The smallest absolute Gasteiger partial charge is 0.408 e. The lowest BCUT2D eigenvalue weighted by Crippen LogP contribution is -2.44. The van der Waals surface area contributed by atoms with E-state index in [1.54, 1.807) is 0 Å². The second kappa shape index (κ2) is 6.46. The van der Waals surface area contributed by atoms with Crippen LogP contribution in [-0.4, -0.2) is 44.0 Å². The minimum atomic E-state index is -3.63.